The van der Waals surface area contributed by atoms with E-state index in [1.54, 1.807) is 6.34 Å². The summed E-state index contributed by atoms with van der Waals surface area (Å²) in [4.78, 5) is 30.0. The van der Waals surface area contributed by atoms with E-state index in [1.165, 1.54) is 49.7 Å². The van der Waals surface area contributed by atoms with Crippen LogP contribution < -0.4 is 10.6 Å². The van der Waals surface area contributed by atoms with E-state index >= 15 is 0 Å². The molecule has 4 aliphatic carbocycles. The van der Waals surface area contributed by atoms with Crippen LogP contribution in [-0.2, 0) is 6.42 Å². The SMILES string of the molecule is CC=Nc1cc(C2C=CC=C2)cc(NC2CCC2)c1CC1=C2C=CC3=C2C2C(=NC=NC2=N1)N=C3n1cnc2cc(-n3cccc3)cc(NC3CCC3)c21. The lowest BCUT2D eigenvalue weighted by Crippen LogP contribution is -2.36. The zero-order valence-corrected chi connectivity index (χ0v) is 30.2. The third-order valence-electron chi connectivity index (χ3n) is 11.9. The van der Waals surface area contributed by atoms with E-state index in [0.717, 1.165) is 67.9 Å². The molecule has 3 aliphatic heterocycles. The number of hydrogen-bond donors (Lipinski definition) is 2. The molecule has 1 atom stereocenters. The predicted molar refractivity (Wildman–Crippen MR) is 219 cm³/mol. The van der Waals surface area contributed by atoms with Gasteiger partial charge in [-0.1, -0.05) is 36.5 Å². The van der Waals surface area contributed by atoms with Crippen molar-refractivity contribution in [2.45, 2.75) is 69.9 Å². The van der Waals surface area contributed by atoms with Crippen LogP contribution in [0.1, 0.15) is 62.5 Å². The van der Waals surface area contributed by atoms with E-state index in [-0.39, 0.29) is 11.8 Å². The van der Waals surface area contributed by atoms with Crippen LogP contribution in [-0.4, -0.2) is 56.3 Å². The number of benzene rings is 2. The summed E-state index contributed by atoms with van der Waals surface area (Å²) in [6.07, 6.45) is 30.6. The maximum Gasteiger partial charge on any atom is 0.148 e. The first-order valence-electron chi connectivity index (χ1n) is 19.3. The van der Waals surface area contributed by atoms with Crippen LogP contribution in [0.4, 0.5) is 17.1 Å². The maximum atomic E-state index is 5.28. The van der Waals surface area contributed by atoms with Crippen molar-refractivity contribution in [1.29, 1.82) is 0 Å². The summed E-state index contributed by atoms with van der Waals surface area (Å²) in [7, 11) is 0. The van der Waals surface area contributed by atoms with Gasteiger partial charge in [-0.2, -0.15) is 0 Å². The van der Waals surface area contributed by atoms with Crippen molar-refractivity contribution >= 4 is 58.2 Å². The minimum absolute atomic E-state index is 0.214. The smallest absolute Gasteiger partial charge is 0.148 e. The van der Waals surface area contributed by atoms with E-state index in [4.69, 9.17) is 29.9 Å². The fourth-order valence-electron chi connectivity index (χ4n) is 8.66. The third kappa shape index (κ3) is 5.07. The first-order chi connectivity index (χ1) is 26.7. The lowest BCUT2D eigenvalue weighted by molar-refractivity contribution is 0.445. The Labute approximate surface area is 313 Å². The molecule has 10 nitrogen and oxygen atoms in total. The molecule has 1 unspecified atom stereocenters. The molecule has 11 rings (SSSR count). The van der Waals surface area contributed by atoms with Gasteiger partial charge in [-0.3, -0.25) is 9.56 Å². The van der Waals surface area contributed by atoms with E-state index in [2.05, 4.69) is 105 Å². The second kappa shape index (κ2) is 12.5. The van der Waals surface area contributed by atoms with E-state index in [0.29, 0.717) is 24.3 Å². The van der Waals surface area contributed by atoms with E-state index < -0.39 is 0 Å². The van der Waals surface area contributed by atoms with Crippen molar-refractivity contribution in [2.75, 3.05) is 10.6 Å². The van der Waals surface area contributed by atoms with Crippen LogP contribution in [0.2, 0.25) is 0 Å². The van der Waals surface area contributed by atoms with Gasteiger partial charge in [0.2, 0.25) is 0 Å². The van der Waals surface area contributed by atoms with E-state index in [1.807, 2.05) is 19.5 Å². The summed E-state index contributed by atoms with van der Waals surface area (Å²) in [5.74, 6) is 2.30. The average molecular weight is 709 g/mol. The van der Waals surface area contributed by atoms with Crippen LogP contribution >= 0.6 is 0 Å². The number of hydrogen-bond acceptors (Lipinski definition) is 8. The second-order valence-electron chi connectivity index (χ2n) is 15.1. The molecule has 5 heterocycles. The minimum atomic E-state index is -0.214. The molecule has 2 aromatic carbocycles. The quantitative estimate of drug-likeness (QED) is 0.170. The highest BCUT2D eigenvalue weighted by Crippen LogP contribution is 2.46. The number of rotatable bonds is 9. The molecule has 4 aromatic rings. The van der Waals surface area contributed by atoms with Crippen molar-refractivity contribution in [3.05, 3.63) is 125 Å². The number of nitrogens with one attached hydrogen (secondary N) is 2. The minimum Gasteiger partial charge on any atom is -0.382 e. The summed E-state index contributed by atoms with van der Waals surface area (Å²) in [5, 5.41) is 7.78. The number of allylic oxidation sites excluding steroid dienone is 9. The summed E-state index contributed by atoms with van der Waals surface area (Å²) in [6.45, 7) is 1.99. The number of imidazole rings is 1. The molecule has 2 fully saturated rings. The monoisotopic (exact) mass is 708 g/mol. The Morgan fingerprint density at radius 2 is 1.65 bits per heavy atom. The van der Waals surface area contributed by atoms with Gasteiger partial charge in [-0.05, 0) is 93.0 Å². The number of fused-ring (bicyclic) bond motifs is 1. The molecule has 10 heteroatoms. The molecule has 0 spiro atoms. The number of anilines is 2. The van der Waals surface area contributed by atoms with E-state index in [9.17, 15) is 0 Å². The molecule has 54 heavy (non-hydrogen) atoms. The van der Waals surface area contributed by atoms with Gasteiger partial charge in [-0.15, -0.1) is 0 Å². The molecule has 266 valence electrons. The lowest BCUT2D eigenvalue weighted by atomic mass is 9.83. The van der Waals surface area contributed by atoms with Gasteiger partial charge in [-0.25, -0.2) is 25.0 Å². The molecule has 7 aliphatic rings. The molecule has 0 amide bonds. The van der Waals surface area contributed by atoms with Gasteiger partial charge >= 0.3 is 0 Å². The van der Waals surface area contributed by atoms with Crippen molar-refractivity contribution in [2.24, 2.45) is 30.9 Å². The van der Waals surface area contributed by atoms with Gasteiger partial charge in [0.25, 0.3) is 0 Å². The highest BCUT2D eigenvalue weighted by Gasteiger charge is 2.42. The Morgan fingerprint density at radius 1 is 0.870 bits per heavy atom. The van der Waals surface area contributed by atoms with Gasteiger partial charge in [0.15, 0.2) is 0 Å². The van der Waals surface area contributed by atoms with Gasteiger partial charge < -0.3 is 15.2 Å². The number of aliphatic imine (C=N–C) groups is 5. The van der Waals surface area contributed by atoms with Gasteiger partial charge in [0.1, 0.15) is 36.1 Å². The van der Waals surface area contributed by atoms with Crippen molar-refractivity contribution in [3.8, 4) is 5.69 Å². The Hall–Kier alpha value is -6.16. The summed E-state index contributed by atoms with van der Waals surface area (Å²) >= 11 is 0. The first kappa shape index (κ1) is 31.4. The summed E-state index contributed by atoms with van der Waals surface area (Å²) < 4.78 is 4.29. The fourth-order valence-corrected chi connectivity index (χ4v) is 8.66. The van der Waals surface area contributed by atoms with Gasteiger partial charge in [0.05, 0.1) is 28.1 Å². The van der Waals surface area contributed by atoms with Crippen LogP contribution in [0.25, 0.3) is 16.7 Å². The molecular formula is C44H40N10. The first-order valence-corrected chi connectivity index (χ1v) is 19.3. The topological polar surface area (TPSA) is 109 Å². The number of amidine groups is 2. The average Bonchev–Trinajstić information content (AvgIpc) is 3.99. The standard InChI is InChI=1S/C44H40N10/c1-2-45-34-19-27(26-9-3-4-10-26)20-35(49-28-11-7-12-28)33(34)23-36-31-15-16-32-39(31)40-42(51-36)46-24-47-43(40)52-44(32)54-25-48-37-21-30(53-17-5-6-18-53)22-38(41(37)54)50-29-13-8-14-29/h2-6,9-10,15-22,24-26,28-29,40,49-50H,7-8,11-14,23H2,1H3. The number of nitrogens with zero attached hydrogens (tertiary/aromatic N) is 8. The fraction of sp³-hybridized carbons (Fsp3) is 0.273. The van der Waals surface area contributed by atoms with Crippen LogP contribution in [0.5, 0.6) is 0 Å². The Balaban J connectivity index is 1.04. The second-order valence-corrected chi connectivity index (χ2v) is 15.1. The Kier molecular flexibility index (Phi) is 7.25. The number of dihydropyridines is 1. The highest BCUT2D eigenvalue weighted by atomic mass is 15.2. The Bertz CT molecular complexity index is 2540. The normalized spacial score (nSPS) is 21.6. The number of aromatic nitrogens is 3. The molecule has 2 saturated carbocycles. The summed E-state index contributed by atoms with van der Waals surface area (Å²) in [5.41, 5.74) is 12.9. The molecule has 0 bridgehead atoms. The largest absolute Gasteiger partial charge is 0.382 e. The molecule has 2 aromatic heterocycles. The van der Waals surface area contributed by atoms with Crippen molar-refractivity contribution in [3.63, 3.8) is 0 Å². The molecule has 2 N–H and O–H groups in total. The van der Waals surface area contributed by atoms with Crippen LogP contribution in [0.3, 0.4) is 0 Å². The molecule has 0 radical (unpaired) electrons. The maximum absolute atomic E-state index is 5.28. The summed E-state index contributed by atoms with van der Waals surface area (Å²) in [6, 6.07) is 14.0. The van der Waals surface area contributed by atoms with Crippen molar-refractivity contribution in [1.82, 2.24) is 14.1 Å². The van der Waals surface area contributed by atoms with Gasteiger partial charge in [0, 0.05) is 71.1 Å². The highest BCUT2D eigenvalue weighted by molar-refractivity contribution is 6.26. The van der Waals surface area contributed by atoms with Crippen LogP contribution in [0.15, 0.2) is 139 Å². The lowest BCUT2D eigenvalue weighted by Gasteiger charge is -2.32. The Morgan fingerprint density at radius 3 is 2.41 bits per heavy atom. The molecular weight excluding hydrogens is 669 g/mol. The zero-order valence-electron chi connectivity index (χ0n) is 30.2. The predicted octanol–water partition coefficient (Wildman–Crippen LogP) is 8.78. The zero-order chi connectivity index (χ0) is 35.8. The van der Waals surface area contributed by atoms with Crippen molar-refractivity contribution < 1.29 is 0 Å². The molecule has 0 saturated heterocycles. The third-order valence-corrected chi connectivity index (χ3v) is 11.9. The van der Waals surface area contributed by atoms with Crippen LogP contribution in [0, 0.1) is 5.92 Å².